The van der Waals surface area contributed by atoms with Crippen LogP contribution in [0.4, 0.5) is 0 Å². The van der Waals surface area contributed by atoms with E-state index in [-0.39, 0.29) is 23.0 Å². The van der Waals surface area contributed by atoms with Crippen molar-refractivity contribution in [2.24, 2.45) is 11.3 Å². The molecule has 1 rings (SSSR count). The van der Waals surface area contributed by atoms with Crippen molar-refractivity contribution in [3.63, 3.8) is 0 Å². The molecule has 0 saturated heterocycles. The monoisotopic (exact) mass is 270 g/mol. The van der Waals surface area contributed by atoms with Gasteiger partial charge in [0, 0.05) is 5.57 Å². The molecule has 4 nitrogen and oxygen atoms in total. The number of aliphatic hydroxyl groups is 2. The van der Waals surface area contributed by atoms with Gasteiger partial charge in [0.2, 0.25) is 0 Å². The number of carbonyl (C=O) groups is 1. The van der Waals surface area contributed by atoms with Crippen LogP contribution in [0.1, 0.15) is 52.4 Å². The highest BCUT2D eigenvalue weighted by atomic mass is 16.4. The molecule has 1 aliphatic carbocycles. The molecule has 0 aromatic heterocycles. The minimum Gasteiger partial charge on any atom is -0.478 e. The van der Waals surface area contributed by atoms with Gasteiger partial charge in [-0.1, -0.05) is 19.9 Å². The van der Waals surface area contributed by atoms with Crippen LogP contribution in [0.2, 0.25) is 0 Å². The molecule has 4 heteroatoms. The Morgan fingerprint density at radius 1 is 1.53 bits per heavy atom. The van der Waals surface area contributed by atoms with E-state index in [2.05, 4.69) is 13.5 Å². The maximum atomic E-state index is 10.9. The molecule has 4 unspecified atom stereocenters. The topological polar surface area (TPSA) is 77.8 Å². The van der Waals surface area contributed by atoms with Gasteiger partial charge in [-0.05, 0) is 50.4 Å². The van der Waals surface area contributed by atoms with E-state index in [0.717, 1.165) is 32.1 Å². The molecule has 1 fully saturated rings. The van der Waals surface area contributed by atoms with Gasteiger partial charge in [0.1, 0.15) is 0 Å². The van der Waals surface area contributed by atoms with Crippen molar-refractivity contribution in [2.45, 2.75) is 64.6 Å². The molecule has 3 N–H and O–H groups in total. The third-order valence-electron chi connectivity index (χ3n) is 4.51. The Hall–Kier alpha value is -0.870. The number of rotatable bonds is 6. The van der Waals surface area contributed by atoms with Crippen molar-refractivity contribution >= 4 is 5.97 Å². The molecule has 1 aliphatic rings. The second-order valence-electron chi connectivity index (χ2n) is 6.21. The number of hydrogen-bond donors (Lipinski definition) is 3. The molecule has 0 aliphatic heterocycles. The van der Waals surface area contributed by atoms with Crippen LogP contribution < -0.4 is 0 Å². The summed E-state index contributed by atoms with van der Waals surface area (Å²) in [6, 6.07) is 0. The zero-order valence-electron chi connectivity index (χ0n) is 11.9. The first-order valence-corrected chi connectivity index (χ1v) is 7.04. The van der Waals surface area contributed by atoms with Crippen LogP contribution in [0.15, 0.2) is 12.2 Å². The summed E-state index contributed by atoms with van der Waals surface area (Å²) in [5.41, 5.74) is 0.0505. The summed E-state index contributed by atoms with van der Waals surface area (Å²) in [5.74, 6) is -1.08. The Balaban J connectivity index is 2.53. The maximum absolute atomic E-state index is 10.9. The number of carboxylic acid groups (broad SMARTS) is 1. The summed E-state index contributed by atoms with van der Waals surface area (Å²) in [7, 11) is 0. The molecule has 4 atom stereocenters. The predicted molar refractivity (Wildman–Crippen MR) is 73.8 cm³/mol. The average molecular weight is 270 g/mol. The van der Waals surface area contributed by atoms with E-state index < -0.39 is 12.1 Å². The van der Waals surface area contributed by atoms with Crippen molar-refractivity contribution in [3.05, 3.63) is 12.2 Å². The highest BCUT2D eigenvalue weighted by molar-refractivity contribution is 5.86. The fraction of sp³-hybridized carbons (Fsp3) is 0.800. The zero-order chi connectivity index (χ0) is 14.6. The van der Waals surface area contributed by atoms with E-state index in [1.54, 1.807) is 6.92 Å². The minimum atomic E-state index is -0.963. The van der Waals surface area contributed by atoms with Crippen LogP contribution in [-0.2, 0) is 4.79 Å². The lowest BCUT2D eigenvalue weighted by molar-refractivity contribution is -0.133. The molecule has 1 saturated carbocycles. The van der Waals surface area contributed by atoms with Crippen LogP contribution in [0.25, 0.3) is 0 Å². The van der Waals surface area contributed by atoms with Crippen molar-refractivity contribution in [1.29, 1.82) is 0 Å². The van der Waals surface area contributed by atoms with E-state index >= 15 is 0 Å². The van der Waals surface area contributed by atoms with Gasteiger partial charge in [0.25, 0.3) is 0 Å². The Morgan fingerprint density at radius 2 is 2.16 bits per heavy atom. The van der Waals surface area contributed by atoms with E-state index in [1.165, 1.54) is 0 Å². The van der Waals surface area contributed by atoms with Gasteiger partial charge < -0.3 is 15.3 Å². The standard InChI is InChI=1S/C15H26O4/c1-10(16)5-4-7-15(3)8-6-12(9-13(15)17)11(2)14(18)19/h10,12-13,16-17H,2,4-9H2,1,3H3,(H,18,19). The summed E-state index contributed by atoms with van der Waals surface area (Å²) in [4.78, 5) is 10.9. The molecule has 0 aromatic rings. The van der Waals surface area contributed by atoms with Crippen molar-refractivity contribution in [1.82, 2.24) is 0 Å². The molecular weight excluding hydrogens is 244 g/mol. The fourth-order valence-electron chi connectivity index (χ4n) is 2.93. The van der Waals surface area contributed by atoms with Gasteiger partial charge in [-0.2, -0.15) is 0 Å². The molecule has 0 heterocycles. The second-order valence-corrected chi connectivity index (χ2v) is 6.21. The molecule has 0 aromatic carbocycles. The van der Waals surface area contributed by atoms with Gasteiger partial charge in [0.05, 0.1) is 12.2 Å². The lowest BCUT2D eigenvalue weighted by Crippen LogP contribution is -2.39. The van der Waals surface area contributed by atoms with Crippen molar-refractivity contribution in [3.8, 4) is 0 Å². The van der Waals surface area contributed by atoms with Crippen LogP contribution in [0, 0.1) is 11.3 Å². The van der Waals surface area contributed by atoms with E-state index in [1.807, 2.05) is 0 Å². The molecular formula is C15H26O4. The highest BCUT2D eigenvalue weighted by Gasteiger charge is 2.40. The summed E-state index contributed by atoms with van der Waals surface area (Å²) in [6.07, 6.45) is 3.77. The Kier molecular flexibility index (Phi) is 5.56. The van der Waals surface area contributed by atoms with Crippen LogP contribution in [0.3, 0.4) is 0 Å². The SMILES string of the molecule is C=C(C(=O)O)C1CCC(C)(CCCC(C)O)C(O)C1. The largest absolute Gasteiger partial charge is 0.478 e. The van der Waals surface area contributed by atoms with Crippen molar-refractivity contribution in [2.75, 3.05) is 0 Å². The highest BCUT2D eigenvalue weighted by Crippen LogP contribution is 2.44. The first kappa shape index (κ1) is 16.2. The van der Waals surface area contributed by atoms with E-state index in [4.69, 9.17) is 5.11 Å². The zero-order valence-corrected chi connectivity index (χ0v) is 11.9. The summed E-state index contributed by atoms with van der Waals surface area (Å²) in [5, 5.41) is 28.5. The van der Waals surface area contributed by atoms with Crippen LogP contribution in [-0.4, -0.2) is 33.5 Å². The number of aliphatic carboxylic acids is 1. The Bertz CT molecular complexity index is 337. The molecule has 0 radical (unpaired) electrons. The normalized spacial score (nSPS) is 32.8. The number of carboxylic acids is 1. The van der Waals surface area contributed by atoms with Gasteiger partial charge in [-0.15, -0.1) is 0 Å². The molecule has 110 valence electrons. The number of aliphatic hydroxyl groups excluding tert-OH is 2. The molecule has 0 spiro atoms. The average Bonchev–Trinajstić information content (AvgIpc) is 2.31. The van der Waals surface area contributed by atoms with E-state index in [9.17, 15) is 15.0 Å². The summed E-state index contributed by atoms with van der Waals surface area (Å²) in [6.45, 7) is 7.43. The molecule has 0 amide bonds. The van der Waals surface area contributed by atoms with Gasteiger partial charge >= 0.3 is 5.97 Å². The quantitative estimate of drug-likeness (QED) is 0.647. The third kappa shape index (κ3) is 4.32. The van der Waals surface area contributed by atoms with E-state index in [0.29, 0.717) is 6.42 Å². The molecule has 0 bridgehead atoms. The second kappa shape index (κ2) is 6.53. The number of hydrogen-bond acceptors (Lipinski definition) is 3. The third-order valence-corrected chi connectivity index (χ3v) is 4.51. The minimum absolute atomic E-state index is 0.114. The Labute approximate surface area is 115 Å². The lowest BCUT2D eigenvalue weighted by atomic mass is 9.66. The van der Waals surface area contributed by atoms with Gasteiger partial charge in [0.15, 0.2) is 0 Å². The van der Waals surface area contributed by atoms with Crippen molar-refractivity contribution < 1.29 is 20.1 Å². The molecule has 19 heavy (non-hydrogen) atoms. The van der Waals surface area contributed by atoms with Crippen LogP contribution >= 0.6 is 0 Å². The Morgan fingerprint density at radius 3 is 2.63 bits per heavy atom. The smallest absolute Gasteiger partial charge is 0.331 e. The van der Waals surface area contributed by atoms with Gasteiger partial charge in [-0.25, -0.2) is 4.79 Å². The van der Waals surface area contributed by atoms with Crippen LogP contribution in [0.5, 0.6) is 0 Å². The maximum Gasteiger partial charge on any atom is 0.331 e. The summed E-state index contributed by atoms with van der Waals surface area (Å²) >= 11 is 0. The predicted octanol–water partition coefficient (Wildman–Crippen LogP) is 2.35. The first-order valence-electron chi connectivity index (χ1n) is 7.04. The first-order chi connectivity index (χ1) is 8.76. The fourth-order valence-corrected chi connectivity index (χ4v) is 2.93. The summed E-state index contributed by atoms with van der Waals surface area (Å²) < 4.78 is 0. The van der Waals surface area contributed by atoms with Gasteiger partial charge in [-0.3, -0.25) is 0 Å². The lowest BCUT2D eigenvalue weighted by Gasteiger charge is -2.42.